The highest BCUT2D eigenvalue weighted by molar-refractivity contribution is 9.10. The van der Waals surface area contributed by atoms with Gasteiger partial charge in [-0.3, -0.25) is 4.79 Å². The van der Waals surface area contributed by atoms with Gasteiger partial charge in [0.15, 0.2) is 0 Å². The van der Waals surface area contributed by atoms with Crippen molar-refractivity contribution in [1.29, 1.82) is 0 Å². The smallest absolute Gasteiger partial charge is 0.342 e. The molecular formula is C16H18BrFN4O2. The number of halogens is 2. The number of likely N-dealkylation sites (tertiary alicyclic amines) is 1. The zero-order valence-corrected chi connectivity index (χ0v) is 14.8. The molecular weight excluding hydrogens is 379 g/mol. The number of amides is 1. The van der Waals surface area contributed by atoms with Gasteiger partial charge >= 0.3 is 5.69 Å². The summed E-state index contributed by atoms with van der Waals surface area (Å²) in [5.41, 5.74) is -0.294. The number of nitrogens with one attached hydrogen (secondary N) is 1. The van der Waals surface area contributed by atoms with Gasteiger partial charge in [0.1, 0.15) is 11.6 Å². The molecule has 2 heterocycles. The van der Waals surface area contributed by atoms with E-state index < -0.39 is 11.5 Å². The first kappa shape index (κ1) is 16.9. The Morgan fingerprint density at radius 3 is 3.00 bits per heavy atom. The molecule has 1 saturated heterocycles. The maximum Gasteiger partial charge on any atom is 0.348 e. The molecule has 8 heteroatoms. The van der Waals surface area contributed by atoms with Crippen LogP contribution in [-0.4, -0.2) is 38.7 Å². The number of nitrogens with zero attached hydrogens (tertiary/aromatic N) is 3. The highest BCUT2D eigenvalue weighted by Gasteiger charge is 2.27. The minimum Gasteiger partial charge on any atom is -0.342 e. The number of hydrogen-bond donors (Lipinski definition) is 1. The largest absolute Gasteiger partial charge is 0.348 e. The third-order valence-corrected chi connectivity index (χ3v) is 4.80. The molecule has 1 atom stereocenters. The Bertz CT molecular complexity index is 817. The zero-order chi connectivity index (χ0) is 17.3. The van der Waals surface area contributed by atoms with Crippen molar-refractivity contribution in [3.63, 3.8) is 0 Å². The number of hydrogen-bond acceptors (Lipinski definition) is 3. The van der Waals surface area contributed by atoms with E-state index in [1.807, 2.05) is 11.8 Å². The number of H-pyrrole nitrogens is 1. The van der Waals surface area contributed by atoms with Crippen LogP contribution in [0.4, 0.5) is 4.39 Å². The van der Waals surface area contributed by atoms with E-state index in [9.17, 15) is 14.0 Å². The van der Waals surface area contributed by atoms with Crippen LogP contribution in [0, 0.1) is 11.7 Å². The van der Waals surface area contributed by atoms with Gasteiger partial charge in [0.05, 0.1) is 5.69 Å². The van der Waals surface area contributed by atoms with E-state index in [0.717, 1.165) is 13.0 Å². The van der Waals surface area contributed by atoms with Crippen molar-refractivity contribution in [3.05, 3.63) is 44.8 Å². The van der Waals surface area contributed by atoms with Crippen LogP contribution < -0.4 is 5.69 Å². The first-order valence-corrected chi connectivity index (χ1v) is 8.68. The predicted molar refractivity (Wildman–Crippen MR) is 90.5 cm³/mol. The van der Waals surface area contributed by atoms with Crippen molar-refractivity contribution in [1.82, 2.24) is 19.7 Å². The van der Waals surface area contributed by atoms with Gasteiger partial charge in [-0.25, -0.2) is 18.9 Å². The molecule has 2 aromatic rings. The summed E-state index contributed by atoms with van der Waals surface area (Å²) < 4.78 is 16.1. The third-order valence-electron chi connectivity index (χ3n) is 4.30. The monoisotopic (exact) mass is 396 g/mol. The van der Waals surface area contributed by atoms with E-state index >= 15 is 0 Å². The second-order valence-corrected chi connectivity index (χ2v) is 6.84. The molecule has 1 amide bonds. The first-order valence-electron chi connectivity index (χ1n) is 7.89. The van der Waals surface area contributed by atoms with E-state index in [2.05, 4.69) is 26.1 Å². The van der Waals surface area contributed by atoms with Crippen molar-refractivity contribution >= 4 is 21.8 Å². The van der Waals surface area contributed by atoms with Crippen molar-refractivity contribution in [2.75, 3.05) is 13.1 Å². The molecule has 1 aromatic heterocycles. The van der Waals surface area contributed by atoms with Crippen LogP contribution in [0.25, 0.3) is 5.69 Å². The van der Waals surface area contributed by atoms with Gasteiger partial charge in [0, 0.05) is 30.4 Å². The third kappa shape index (κ3) is 3.28. The van der Waals surface area contributed by atoms with E-state index in [0.29, 0.717) is 29.7 Å². The fourth-order valence-electron chi connectivity index (χ4n) is 3.09. The lowest BCUT2D eigenvalue weighted by Gasteiger charge is -2.15. The highest BCUT2D eigenvalue weighted by Crippen LogP contribution is 2.23. The van der Waals surface area contributed by atoms with E-state index in [4.69, 9.17) is 0 Å². The lowest BCUT2D eigenvalue weighted by molar-refractivity contribution is -0.129. The first-order chi connectivity index (χ1) is 11.5. The summed E-state index contributed by atoms with van der Waals surface area (Å²) in [6, 6.07) is 4.54. The molecule has 6 nitrogen and oxygen atoms in total. The van der Waals surface area contributed by atoms with Crippen LogP contribution in [0.5, 0.6) is 0 Å². The summed E-state index contributed by atoms with van der Waals surface area (Å²) >= 11 is 3.21. The Kier molecular flexibility index (Phi) is 4.84. The fraction of sp³-hybridized carbons (Fsp3) is 0.438. The van der Waals surface area contributed by atoms with Crippen LogP contribution in [0.3, 0.4) is 0 Å². The molecule has 0 aliphatic carbocycles. The van der Waals surface area contributed by atoms with Crippen LogP contribution in [0.1, 0.15) is 25.6 Å². The summed E-state index contributed by atoms with van der Waals surface area (Å²) in [5, 5.41) is 6.45. The number of carbonyl (C=O) groups excluding carboxylic acids is 1. The molecule has 3 rings (SSSR count). The van der Waals surface area contributed by atoms with Crippen molar-refractivity contribution < 1.29 is 9.18 Å². The summed E-state index contributed by atoms with van der Waals surface area (Å²) in [5.74, 6) is 0.337. The van der Waals surface area contributed by atoms with Gasteiger partial charge in [-0.2, -0.15) is 5.10 Å². The summed E-state index contributed by atoms with van der Waals surface area (Å²) in [4.78, 5) is 25.7. The fourth-order valence-corrected chi connectivity index (χ4v) is 3.42. The number of carbonyl (C=O) groups is 1. The molecule has 128 valence electrons. The van der Waals surface area contributed by atoms with E-state index in [1.54, 1.807) is 12.1 Å². The standard InChI is InChI=1S/C16H18BrFN4O2/c1-2-15(23)21-6-5-10(9-21)7-14-19-20-16(24)22(14)13-4-3-11(17)8-12(13)18/h3-4,8,10H,2,5-7,9H2,1H3,(H,20,24). The summed E-state index contributed by atoms with van der Waals surface area (Å²) in [6.07, 6.45) is 1.86. The van der Waals surface area contributed by atoms with E-state index in [1.165, 1.54) is 10.6 Å². The van der Waals surface area contributed by atoms with Gasteiger partial charge in [0.25, 0.3) is 0 Å². The van der Waals surface area contributed by atoms with Crippen LogP contribution >= 0.6 is 15.9 Å². The SMILES string of the molecule is CCC(=O)N1CCC(Cc2n[nH]c(=O)n2-c2ccc(Br)cc2F)C1. The molecule has 1 fully saturated rings. The molecule has 0 spiro atoms. The summed E-state index contributed by atoms with van der Waals surface area (Å²) in [7, 11) is 0. The number of aromatic nitrogens is 3. The topological polar surface area (TPSA) is 71.0 Å². The van der Waals surface area contributed by atoms with Crippen LogP contribution in [-0.2, 0) is 11.2 Å². The average Bonchev–Trinajstić information content (AvgIpc) is 3.15. The maximum absolute atomic E-state index is 14.2. The maximum atomic E-state index is 14.2. The number of aromatic amines is 1. The van der Waals surface area contributed by atoms with Gasteiger partial charge in [-0.1, -0.05) is 22.9 Å². The van der Waals surface area contributed by atoms with Crippen LogP contribution in [0.2, 0.25) is 0 Å². The van der Waals surface area contributed by atoms with E-state index in [-0.39, 0.29) is 17.5 Å². The van der Waals surface area contributed by atoms with Gasteiger partial charge in [-0.05, 0) is 30.5 Å². The zero-order valence-electron chi connectivity index (χ0n) is 13.3. The minimum absolute atomic E-state index is 0.135. The number of benzene rings is 1. The van der Waals surface area contributed by atoms with Crippen LogP contribution in [0.15, 0.2) is 27.5 Å². The lowest BCUT2D eigenvalue weighted by atomic mass is 10.0. The lowest BCUT2D eigenvalue weighted by Crippen LogP contribution is -2.28. The summed E-state index contributed by atoms with van der Waals surface area (Å²) in [6.45, 7) is 3.21. The molecule has 1 unspecified atom stereocenters. The predicted octanol–water partition coefficient (Wildman–Crippen LogP) is 2.26. The Morgan fingerprint density at radius 2 is 2.29 bits per heavy atom. The van der Waals surface area contributed by atoms with Gasteiger partial charge in [-0.15, -0.1) is 0 Å². The van der Waals surface area contributed by atoms with Gasteiger partial charge in [0.2, 0.25) is 5.91 Å². The van der Waals surface area contributed by atoms with Crippen molar-refractivity contribution in [2.24, 2.45) is 5.92 Å². The second kappa shape index (κ2) is 6.88. The van der Waals surface area contributed by atoms with Gasteiger partial charge < -0.3 is 4.90 Å². The quantitative estimate of drug-likeness (QED) is 0.861. The molecule has 24 heavy (non-hydrogen) atoms. The molecule has 1 N–H and O–H groups in total. The number of rotatable bonds is 4. The highest BCUT2D eigenvalue weighted by atomic mass is 79.9. The van der Waals surface area contributed by atoms with Crippen molar-refractivity contribution in [2.45, 2.75) is 26.2 Å². The molecule has 1 aromatic carbocycles. The molecule has 0 saturated carbocycles. The Morgan fingerprint density at radius 1 is 1.50 bits per heavy atom. The molecule has 1 aliphatic heterocycles. The minimum atomic E-state index is -0.497. The Labute approximate surface area is 146 Å². The second-order valence-electron chi connectivity index (χ2n) is 5.93. The normalized spacial score (nSPS) is 17.5. The van der Waals surface area contributed by atoms with Crippen molar-refractivity contribution in [3.8, 4) is 5.69 Å². The average molecular weight is 397 g/mol. The molecule has 0 bridgehead atoms. The molecule has 0 radical (unpaired) electrons. The Hall–Kier alpha value is -1.96. The Balaban J connectivity index is 1.84. The molecule has 1 aliphatic rings.